The van der Waals surface area contributed by atoms with Crippen molar-refractivity contribution in [3.05, 3.63) is 60.4 Å². The van der Waals surface area contributed by atoms with Gasteiger partial charge >= 0.3 is 5.97 Å². The maximum atomic E-state index is 9.59. The number of nitrogens with zero attached hydrogens (tertiary/aromatic N) is 1. The van der Waals surface area contributed by atoms with E-state index in [2.05, 4.69) is 91.9 Å². The molecule has 0 amide bonds. The molecule has 0 aliphatic carbocycles. The highest BCUT2D eigenvalue weighted by Crippen LogP contribution is 2.15. The molecule has 2 aromatic carbocycles. The lowest BCUT2D eigenvalue weighted by atomic mass is 10.0. The van der Waals surface area contributed by atoms with Crippen molar-refractivity contribution in [2.24, 2.45) is 0 Å². The Morgan fingerprint density at radius 1 is 1.16 bits per heavy atom. The molecule has 25 heavy (non-hydrogen) atoms. The molecule has 0 radical (unpaired) electrons. The lowest BCUT2D eigenvalue weighted by Crippen LogP contribution is -2.36. The summed E-state index contributed by atoms with van der Waals surface area (Å²) in [7, 11) is 5.49. The molecule has 4 nitrogen and oxygen atoms in total. The molecule has 0 bridgehead atoms. The van der Waals surface area contributed by atoms with E-state index in [1.165, 1.54) is 17.9 Å². The number of carboxylic acids is 1. The Morgan fingerprint density at radius 3 is 2.32 bits per heavy atom. The molecule has 0 aromatic heterocycles. The molecule has 0 heterocycles. The number of fused-ring (bicyclic) bond motifs is 1. The Bertz CT molecular complexity index is 795. The van der Waals surface area contributed by atoms with Gasteiger partial charge in [0.2, 0.25) is 0 Å². The quantitative estimate of drug-likeness (QED) is 0.525. The number of rotatable bonds is 3. The summed E-state index contributed by atoms with van der Waals surface area (Å²) in [5.41, 5.74) is 0.967. The average molecular weight is 339 g/mol. The van der Waals surface area contributed by atoms with Crippen LogP contribution < -0.4 is 0 Å². The molecule has 1 N–H and O–H groups in total. The molecule has 4 heteroatoms. The Balaban J connectivity index is 0.000000381. The van der Waals surface area contributed by atoms with Crippen molar-refractivity contribution in [3.63, 3.8) is 0 Å². The SMILES string of the molecule is CN(C)C(C)(C)C#Cc1ccc2ccccc2c1.COC=CC(=O)O. The largest absolute Gasteiger partial charge is 0.504 e. The van der Waals surface area contributed by atoms with Crippen molar-refractivity contribution in [1.82, 2.24) is 4.90 Å². The van der Waals surface area contributed by atoms with E-state index in [1.807, 2.05) is 0 Å². The molecule has 2 aromatic rings. The van der Waals surface area contributed by atoms with E-state index in [0.717, 1.165) is 17.9 Å². The summed E-state index contributed by atoms with van der Waals surface area (Å²) in [4.78, 5) is 11.7. The molecule has 0 saturated carbocycles. The molecule has 0 spiro atoms. The predicted octanol–water partition coefficient (Wildman–Crippen LogP) is 3.76. The summed E-state index contributed by atoms with van der Waals surface area (Å²) < 4.78 is 4.29. The molecule has 0 unspecified atom stereocenters. The zero-order valence-electron chi connectivity index (χ0n) is 15.4. The highest BCUT2D eigenvalue weighted by atomic mass is 16.5. The Morgan fingerprint density at radius 2 is 1.80 bits per heavy atom. The summed E-state index contributed by atoms with van der Waals surface area (Å²) >= 11 is 0. The first-order valence-corrected chi connectivity index (χ1v) is 7.88. The van der Waals surface area contributed by atoms with Crippen molar-refractivity contribution in [2.75, 3.05) is 21.2 Å². The zero-order chi connectivity index (χ0) is 18.9. The second kappa shape index (κ2) is 9.51. The summed E-state index contributed by atoms with van der Waals surface area (Å²) in [6.45, 7) is 4.25. The topological polar surface area (TPSA) is 49.8 Å². The third-order valence-electron chi connectivity index (χ3n) is 3.73. The minimum absolute atomic E-state index is 0.106. The monoisotopic (exact) mass is 339 g/mol. The molecule has 0 fully saturated rings. The average Bonchev–Trinajstić information content (AvgIpc) is 2.58. The van der Waals surface area contributed by atoms with E-state index in [-0.39, 0.29) is 5.54 Å². The van der Waals surface area contributed by atoms with Gasteiger partial charge in [-0.15, -0.1) is 0 Å². The number of benzene rings is 2. The van der Waals surface area contributed by atoms with Crippen LogP contribution in [0.25, 0.3) is 10.8 Å². The molecule has 0 atom stereocenters. The van der Waals surface area contributed by atoms with Crippen molar-refractivity contribution < 1.29 is 14.6 Å². The van der Waals surface area contributed by atoms with Crippen LogP contribution in [-0.4, -0.2) is 42.7 Å². The molecule has 0 aliphatic heterocycles. The van der Waals surface area contributed by atoms with Crippen LogP contribution >= 0.6 is 0 Å². The second-order valence-corrected chi connectivity index (χ2v) is 6.14. The third-order valence-corrected chi connectivity index (χ3v) is 3.73. The number of carbonyl (C=O) groups is 1. The minimum Gasteiger partial charge on any atom is -0.504 e. The summed E-state index contributed by atoms with van der Waals surface area (Å²) in [5, 5.41) is 10.4. The molecule has 0 saturated heterocycles. The molecular formula is C21H25NO3. The highest BCUT2D eigenvalue weighted by molar-refractivity contribution is 5.83. The maximum Gasteiger partial charge on any atom is 0.331 e. The first kappa shape index (κ1) is 20.3. The van der Waals surface area contributed by atoms with Gasteiger partial charge in [-0.1, -0.05) is 42.2 Å². The number of ether oxygens (including phenoxy) is 1. The lowest BCUT2D eigenvalue weighted by molar-refractivity contribution is -0.131. The summed E-state index contributed by atoms with van der Waals surface area (Å²) in [6, 6.07) is 14.7. The fraction of sp³-hybridized carbons (Fsp3) is 0.286. The molecule has 132 valence electrons. The molecule has 2 rings (SSSR count). The van der Waals surface area contributed by atoms with Crippen molar-refractivity contribution in [2.45, 2.75) is 19.4 Å². The summed E-state index contributed by atoms with van der Waals surface area (Å²) in [6.07, 6.45) is 2.02. The van der Waals surface area contributed by atoms with E-state index in [9.17, 15) is 4.79 Å². The first-order chi connectivity index (χ1) is 11.8. The van der Waals surface area contributed by atoms with E-state index >= 15 is 0 Å². The maximum absolute atomic E-state index is 9.59. The summed E-state index contributed by atoms with van der Waals surface area (Å²) in [5.74, 6) is 5.58. The Hall–Kier alpha value is -2.77. The minimum atomic E-state index is -0.998. The lowest BCUT2D eigenvalue weighted by Gasteiger charge is -2.26. The fourth-order valence-electron chi connectivity index (χ4n) is 1.73. The van der Waals surface area contributed by atoms with Gasteiger partial charge in [0, 0.05) is 5.56 Å². The first-order valence-electron chi connectivity index (χ1n) is 7.88. The van der Waals surface area contributed by atoms with Gasteiger partial charge in [0.1, 0.15) is 0 Å². The van der Waals surface area contributed by atoms with Crippen LogP contribution in [0, 0.1) is 11.8 Å². The number of hydrogen-bond donors (Lipinski definition) is 1. The van der Waals surface area contributed by atoms with Crippen molar-refractivity contribution >= 4 is 16.7 Å². The standard InChI is InChI=1S/C17H19N.C4H6O3/c1-17(2,18(3)4)12-11-14-9-10-15-7-5-6-8-16(15)13-14;1-7-3-2-4(5)6/h5-10,13H,1-4H3;2-3H,1H3,(H,5,6). The molecular weight excluding hydrogens is 314 g/mol. The highest BCUT2D eigenvalue weighted by Gasteiger charge is 2.16. The van der Waals surface area contributed by atoms with Crippen LogP contribution in [0.15, 0.2) is 54.8 Å². The number of aliphatic carboxylic acids is 1. The normalized spacial score (nSPS) is 10.8. The van der Waals surface area contributed by atoms with Gasteiger partial charge in [0.25, 0.3) is 0 Å². The number of carboxylic acid groups (broad SMARTS) is 1. The van der Waals surface area contributed by atoms with Gasteiger partial charge in [-0.2, -0.15) is 0 Å². The fourth-order valence-corrected chi connectivity index (χ4v) is 1.73. The van der Waals surface area contributed by atoms with Crippen LogP contribution in [0.4, 0.5) is 0 Å². The van der Waals surface area contributed by atoms with Crippen LogP contribution in [0.5, 0.6) is 0 Å². The number of hydrogen-bond acceptors (Lipinski definition) is 3. The smallest absolute Gasteiger partial charge is 0.331 e. The van der Waals surface area contributed by atoms with E-state index in [1.54, 1.807) is 0 Å². The van der Waals surface area contributed by atoms with E-state index < -0.39 is 5.97 Å². The zero-order valence-corrected chi connectivity index (χ0v) is 15.4. The van der Waals surface area contributed by atoms with Crippen LogP contribution in [0.2, 0.25) is 0 Å². The van der Waals surface area contributed by atoms with Crippen LogP contribution in [0.3, 0.4) is 0 Å². The van der Waals surface area contributed by atoms with Gasteiger partial charge in [-0.3, -0.25) is 4.90 Å². The van der Waals surface area contributed by atoms with Gasteiger partial charge in [-0.05, 0) is 50.8 Å². The second-order valence-electron chi connectivity index (χ2n) is 6.14. The Labute approximate surface area is 149 Å². The number of methoxy groups -OCH3 is 1. The van der Waals surface area contributed by atoms with Gasteiger partial charge < -0.3 is 9.84 Å². The third kappa shape index (κ3) is 7.11. The van der Waals surface area contributed by atoms with Gasteiger partial charge in [-0.25, -0.2) is 4.79 Å². The van der Waals surface area contributed by atoms with Crippen molar-refractivity contribution in [1.29, 1.82) is 0 Å². The van der Waals surface area contributed by atoms with Gasteiger partial charge in [0.15, 0.2) is 0 Å². The van der Waals surface area contributed by atoms with E-state index in [0.29, 0.717) is 0 Å². The van der Waals surface area contributed by atoms with Crippen LogP contribution in [-0.2, 0) is 9.53 Å². The Kier molecular flexibility index (Phi) is 7.71. The molecule has 0 aliphatic rings. The van der Waals surface area contributed by atoms with Crippen LogP contribution in [0.1, 0.15) is 19.4 Å². The van der Waals surface area contributed by atoms with Gasteiger partial charge in [0.05, 0.1) is 25.0 Å². The van der Waals surface area contributed by atoms with Crippen molar-refractivity contribution in [3.8, 4) is 11.8 Å². The van der Waals surface area contributed by atoms with E-state index in [4.69, 9.17) is 5.11 Å². The predicted molar refractivity (Wildman–Crippen MR) is 102 cm³/mol.